The zero-order chi connectivity index (χ0) is 21.9. The SMILES string of the molecule is [2H]C([2H])(c1cc(-c2cncc3c2oc2ccccc23)ncc1[Si](C)(C)C)C(C)(C)C. The minimum atomic E-state index is -1.81. The molecule has 0 aliphatic heterocycles. The molecule has 0 N–H and O–H groups in total. The van der Waals surface area contributed by atoms with E-state index in [1.54, 1.807) is 6.20 Å². The molecule has 28 heavy (non-hydrogen) atoms. The van der Waals surface area contributed by atoms with Gasteiger partial charge in [0.25, 0.3) is 0 Å². The number of nitrogens with zero attached hydrogens (tertiary/aromatic N) is 2. The molecule has 0 saturated heterocycles. The van der Waals surface area contributed by atoms with Crippen LogP contribution >= 0.6 is 0 Å². The smallest absolute Gasteiger partial charge is 0.147 e. The van der Waals surface area contributed by atoms with E-state index < -0.39 is 19.9 Å². The molecule has 1 aromatic carbocycles. The van der Waals surface area contributed by atoms with Crippen LogP contribution in [0.5, 0.6) is 0 Å². The van der Waals surface area contributed by atoms with Gasteiger partial charge >= 0.3 is 0 Å². The summed E-state index contributed by atoms with van der Waals surface area (Å²) in [6, 6.07) is 9.83. The average Bonchev–Trinajstić information content (AvgIpc) is 3.04. The van der Waals surface area contributed by atoms with Crippen LogP contribution in [0, 0.1) is 5.41 Å². The van der Waals surface area contributed by atoms with Crippen molar-refractivity contribution in [3.8, 4) is 11.3 Å². The van der Waals surface area contributed by atoms with Crippen LogP contribution in [0.15, 0.2) is 53.3 Å². The first-order valence-electron chi connectivity index (χ1n) is 10.7. The number of hydrogen-bond acceptors (Lipinski definition) is 3. The van der Waals surface area contributed by atoms with Crippen LogP contribution in [0.1, 0.15) is 29.1 Å². The highest BCUT2D eigenvalue weighted by atomic mass is 28.3. The molecule has 3 heterocycles. The monoisotopic (exact) mass is 390 g/mol. The molecule has 3 aromatic heterocycles. The summed E-state index contributed by atoms with van der Waals surface area (Å²) in [5.74, 6) is 0. The highest BCUT2D eigenvalue weighted by Crippen LogP contribution is 2.34. The molecular weight excluding hydrogens is 360 g/mol. The molecule has 144 valence electrons. The molecule has 4 rings (SSSR count). The quantitative estimate of drug-likeness (QED) is 0.392. The maximum absolute atomic E-state index is 8.97. The zero-order valence-electron chi connectivity index (χ0n) is 19.4. The minimum absolute atomic E-state index is 0.552. The van der Waals surface area contributed by atoms with Gasteiger partial charge in [0.05, 0.1) is 19.3 Å². The molecule has 0 amide bonds. The number of rotatable bonds is 3. The van der Waals surface area contributed by atoms with Crippen LogP contribution in [-0.2, 0) is 6.37 Å². The van der Waals surface area contributed by atoms with Gasteiger partial charge in [-0.3, -0.25) is 9.97 Å². The molecular formula is C24H28N2OSi. The van der Waals surface area contributed by atoms with E-state index in [-0.39, 0.29) is 0 Å². The lowest BCUT2D eigenvalue weighted by molar-refractivity contribution is 0.412. The maximum atomic E-state index is 8.97. The van der Waals surface area contributed by atoms with E-state index in [9.17, 15) is 0 Å². The van der Waals surface area contributed by atoms with Gasteiger partial charge in [-0.25, -0.2) is 0 Å². The lowest BCUT2D eigenvalue weighted by Gasteiger charge is -2.26. The molecule has 0 spiro atoms. The van der Waals surface area contributed by atoms with Gasteiger partial charge in [-0.05, 0) is 34.7 Å². The Balaban J connectivity index is 2.00. The summed E-state index contributed by atoms with van der Waals surface area (Å²) in [7, 11) is -1.81. The van der Waals surface area contributed by atoms with Crippen LogP contribution in [0.4, 0.5) is 0 Å². The van der Waals surface area contributed by atoms with E-state index in [0.29, 0.717) is 5.69 Å². The molecule has 0 saturated carbocycles. The number of benzene rings is 1. The van der Waals surface area contributed by atoms with Crippen LogP contribution < -0.4 is 5.19 Å². The largest absolute Gasteiger partial charge is 0.455 e. The average molecular weight is 391 g/mol. The van der Waals surface area contributed by atoms with Crippen molar-refractivity contribution in [1.29, 1.82) is 0 Å². The van der Waals surface area contributed by atoms with Gasteiger partial charge in [-0.1, -0.05) is 58.6 Å². The van der Waals surface area contributed by atoms with Crippen molar-refractivity contribution in [2.24, 2.45) is 5.41 Å². The Morgan fingerprint density at radius 2 is 1.79 bits per heavy atom. The van der Waals surface area contributed by atoms with E-state index >= 15 is 0 Å². The van der Waals surface area contributed by atoms with Crippen molar-refractivity contribution in [3.05, 3.63) is 54.5 Å². The van der Waals surface area contributed by atoms with Crippen molar-refractivity contribution < 1.29 is 7.16 Å². The topological polar surface area (TPSA) is 38.9 Å². The van der Waals surface area contributed by atoms with Gasteiger partial charge in [0.1, 0.15) is 11.2 Å². The van der Waals surface area contributed by atoms with E-state index in [0.717, 1.165) is 38.3 Å². The normalized spacial score (nSPS) is 14.4. The first-order valence-corrected chi connectivity index (χ1v) is 13.2. The number of para-hydroxylation sites is 1. The highest BCUT2D eigenvalue weighted by molar-refractivity contribution is 6.89. The van der Waals surface area contributed by atoms with Crippen LogP contribution in [0.3, 0.4) is 0 Å². The molecule has 0 fully saturated rings. The van der Waals surface area contributed by atoms with E-state index in [4.69, 9.17) is 12.1 Å². The Kier molecular flexibility index (Phi) is 3.86. The molecule has 0 radical (unpaired) electrons. The van der Waals surface area contributed by atoms with Crippen LogP contribution in [0.25, 0.3) is 33.2 Å². The number of furan rings is 1. The summed E-state index contributed by atoms with van der Waals surface area (Å²) in [6.07, 6.45) is 3.95. The molecule has 4 heteroatoms. The number of fused-ring (bicyclic) bond motifs is 3. The number of aromatic nitrogens is 2. The van der Waals surface area contributed by atoms with Crippen molar-refractivity contribution in [2.45, 2.75) is 46.8 Å². The molecule has 0 bridgehead atoms. The summed E-state index contributed by atoms with van der Waals surface area (Å²) >= 11 is 0. The van der Waals surface area contributed by atoms with E-state index in [1.165, 1.54) is 0 Å². The van der Waals surface area contributed by atoms with Crippen molar-refractivity contribution in [1.82, 2.24) is 9.97 Å². The third-order valence-corrected chi connectivity index (χ3v) is 6.80. The predicted octanol–water partition coefficient (Wildman–Crippen LogP) is 6.18. The fourth-order valence-corrected chi connectivity index (χ4v) is 4.92. The first kappa shape index (κ1) is 16.5. The third-order valence-electron chi connectivity index (χ3n) is 4.78. The minimum Gasteiger partial charge on any atom is -0.455 e. The fraction of sp³-hybridized carbons (Fsp3) is 0.333. The molecule has 3 nitrogen and oxygen atoms in total. The molecule has 0 aliphatic rings. The Morgan fingerprint density at radius 3 is 2.50 bits per heavy atom. The second-order valence-electron chi connectivity index (χ2n) is 9.40. The summed E-state index contributed by atoms with van der Waals surface area (Å²) in [4.78, 5) is 9.20. The van der Waals surface area contributed by atoms with E-state index in [2.05, 4.69) is 24.6 Å². The number of hydrogen-bond donors (Lipinski definition) is 0. The van der Waals surface area contributed by atoms with Gasteiger partial charge in [0, 0.05) is 32.1 Å². The fourth-order valence-electron chi connectivity index (χ4n) is 3.53. The Labute approximate surface area is 170 Å². The van der Waals surface area contributed by atoms with Gasteiger partial charge in [0.2, 0.25) is 0 Å². The lowest BCUT2D eigenvalue weighted by atomic mass is 9.88. The Hall–Kier alpha value is -2.46. The van der Waals surface area contributed by atoms with Crippen molar-refractivity contribution >= 4 is 35.2 Å². The molecule has 4 aromatic rings. The standard InChI is InChI=1S/C24H28N2OSi/c1-24(2,3)12-16-11-20(26-15-22(16)28(4,5)6)19-14-25-13-18-17-9-7-8-10-21(17)27-23(18)19/h7-11,13-15H,12H2,1-6H3/i12D2. The zero-order valence-corrected chi connectivity index (χ0v) is 18.4. The summed E-state index contributed by atoms with van der Waals surface area (Å²) in [6.45, 7) is 12.5. The second kappa shape index (κ2) is 6.56. The molecule has 0 unspecified atom stereocenters. The second-order valence-corrected chi connectivity index (χ2v) is 14.4. The third kappa shape index (κ3) is 3.49. The van der Waals surface area contributed by atoms with Crippen molar-refractivity contribution in [3.63, 3.8) is 0 Å². The maximum Gasteiger partial charge on any atom is 0.147 e. The lowest BCUT2D eigenvalue weighted by Crippen LogP contribution is -2.41. The summed E-state index contributed by atoms with van der Waals surface area (Å²) in [5.41, 5.74) is 3.21. The van der Waals surface area contributed by atoms with Crippen LogP contribution in [-0.4, -0.2) is 18.0 Å². The predicted molar refractivity (Wildman–Crippen MR) is 121 cm³/mol. The van der Waals surface area contributed by atoms with Gasteiger partial charge in [-0.15, -0.1) is 0 Å². The highest BCUT2D eigenvalue weighted by Gasteiger charge is 2.25. The summed E-state index contributed by atoms with van der Waals surface area (Å²) in [5, 5.41) is 3.02. The van der Waals surface area contributed by atoms with Gasteiger partial charge in [0.15, 0.2) is 0 Å². The Bertz CT molecular complexity index is 1250. The number of pyridine rings is 2. The van der Waals surface area contributed by atoms with E-state index in [1.807, 2.05) is 63.5 Å². The first-order chi connectivity index (χ1) is 13.9. The Morgan fingerprint density at radius 1 is 1.04 bits per heavy atom. The summed E-state index contributed by atoms with van der Waals surface area (Å²) < 4.78 is 24.1. The van der Waals surface area contributed by atoms with Gasteiger partial charge < -0.3 is 4.42 Å². The van der Waals surface area contributed by atoms with Crippen LogP contribution in [0.2, 0.25) is 19.6 Å². The van der Waals surface area contributed by atoms with Gasteiger partial charge in [-0.2, -0.15) is 0 Å². The molecule has 0 atom stereocenters. The molecule has 0 aliphatic carbocycles. The van der Waals surface area contributed by atoms with Crippen molar-refractivity contribution in [2.75, 3.05) is 0 Å².